The Morgan fingerprint density at radius 1 is 1.43 bits per heavy atom. The number of carbonyl (C=O) groups is 3. The minimum atomic E-state index is -1.24. The van der Waals surface area contributed by atoms with Gasteiger partial charge in [0.1, 0.15) is 27.0 Å². The van der Waals surface area contributed by atoms with Gasteiger partial charge in [0, 0.05) is 16.0 Å². The fourth-order valence-corrected chi connectivity index (χ4v) is 6.44. The summed E-state index contributed by atoms with van der Waals surface area (Å²) in [7, 11) is 0. The molecule has 4 rings (SSSR count). The second-order valence-corrected chi connectivity index (χ2v) is 9.97. The van der Waals surface area contributed by atoms with Gasteiger partial charge in [-0.05, 0) is 11.5 Å². The number of anilines is 1. The molecule has 0 radical (unpaired) electrons. The Morgan fingerprint density at radius 3 is 2.83 bits per heavy atom. The Bertz CT molecular complexity index is 1080. The largest absolute Gasteiger partial charge is 0.477 e. The highest BCUT2D eigenvalue weighted by atomic mass is 32.2. The highest BCUT2D eigenvalue weighted by Gasteiger charge is 2.54. The van der Waals surface area contributed by atoms with Crippen LogP contribution in [0.2, 0.25) is 0 Å². The minimum Gasteiger partial charge on any atom is -0.477 e. The van der Waals surface area contributed by atoms with Crippen molar-refractivity contribution in [3.63, 3.8) is 0 Å². The summed E-state index contributed by atoms with van der Waals surface area (Å²) in [4.78, 5) is 42.5. The van der Waals surface area contributed by atoms with Crippen molar-refractivity contribution in [2.24, 2.45) is 5.16 Å². The van der Waals surface area contributed by atoms with Gasteiger partial charge >= 0.3 is 5.97 Å². The number of carbonyl (C=O) groups excluding carboxylic acids is 2. The average molecular weight is 486 g/mol. The van der Waals surface area contributed by atoms with E-state index in [1.807, 2.05) is 0 Å². The number of oxime groups is 1. The van der Waals surface area contributed by atoms with E-state index in [1.165, 1.54) is 35.1 Å². The standard InChI is InChI=1S/C14H11N7O5S4/c15-14-17-4(2-28-14)7(19-26)10(22)18-8-11(23)21-9(13(24)25)5(3-27-12(8)21)29-6-1-16-20-30-6/h1-2,8,12,26H,3H2,(H2,15,17)(H,18,22)(H,24,25)/b19-7-/t8-,12+/m1/s1. The molecule has 156 valence electrons. The van der Waals surface area contributed by atoms with E-state index >= 15 is 0 Å². The maximum atomic E-state index is 12.7. The number of nitrogen functional groups attached to an aromatic ring is 1. The van der Waals surface area contributed by atoms with Gasteiger partial charge < -0.3 is 21.4 Å². The molecule has 2 aliphatic heterocycles. The van der Waals surface area contributed by atoms with Gasteiger partial charge in [-0.15, -0.1) is 28.2 Å². The van der Waals surface area contributed by atoms with E-state index in [9.17, 15) is 24.7 Å². The molecule has 0 aliphatic carbocycles. The maximum absolute atomic E-state index is 12.7. The van der Waals surface area contributed by atoms with Crippen LogP contribution in [0.4, 0.5) is 5.13 Å². The molecule has 1 fully saturated rings. The molecule has 12 nitrogen and oxygen atoms in total. The van der Waals surface area contributed by atoms with Crippen LogP contribution in [0, 0.1) is 0 Å². The van der Waals surface area contributed by atoms with Gasteiger partial charge in [0.15, 0.2) is 10.8 Å². The Labute approximate surface area is 184 Å². The van der Waals surface area contributed by atoms with Crippen LogP contribution in [-0.4, -0.2) is 70.4 Å². The first-order valence-electron chi connectivity index (χ1n) is 8.01. The number of aromatic nitrogens is 3. The molecule has 4 heterocycles. The fraction of sp³-hybridized carbons (Fsp3) is 0.214. The molecule has 2 amide bonds. The highest BCUT2D eigenvalue weighted by molar-refractivity contribution is 8.07. The van der Waals surface area contributed by atoms with E-state index in [2.05, 4.69) is 25.0 Å². The summed E-state index contributed by atoms with van der Waals surface area (Å²) in [6, 6.07) is -0.971. The molecule has 0 saturated carbocycles. The quantitative estimate of drug-likeness (QED) is 0.190. The van der Waals surface area contributed by atoms with Crippen molar-refractivity contribution >= 4 is 75.0 Å². The molecule has 16 heteroatoms. The van der Waals surface area contributed by atoms with Crippen molar-refractivity contribution in [1.82, 2.24) is 24.8 Å². The van der Waals surface area contributed by atoms with Crippen LogP contribution in [0.1, 0.15) is 5.69 Å². The zero-order chi connectivity index (χ0) is 21.4. The van der Waals surface area contributed by atoms with Crippen LogP contribution in [0.5, 0.6) is 0 Å². The first-order chi connectivity index (χ1) is 14.4. The number of thiazole rings is 1. The van der Waals surface area contributed by atoms with E-state index in [0.29, 0.717) is 14.9 Å². The number of nitrogens with zero attached hydrogens (tertiary/aromatic N) is 5. The lowest BCUT2D eigenvalue weighted by Gasteiger charge is -2.49. The number of carboxylic acids is 1. The van der Waals surface area contributed by atoms with Crippen molar-refractivity contribution in [1.29, 1.82) is 0 Å². The lowest BCUT2D eigenvalue weighted by Crippen LogP contribution is -2.71. The summed E-state index contributed by atoms with van der Waals surface area (Å²) >= 11 is 4.69. The highest BCUT2D eigenvalue weighted by Crippen LogP contribution is 2.45. The summed E-state index contributed by atoms with van der Waals surface area (Å²) in [6.45, 7) is 0. The van der Waals surface area contributed by atoms with Gasteiger partial charge in [-0.3, -0.25) is 14.5 Å². The molecule has 2 aliphatic rings. The smallest absolute Gasteiger partial charge is 0.353 e. The van der Waals surface area contributed by atoms with Crippen LogP contribution < -0.4 is 11.1 Å². The predicted molar refractivity (Wildman–Crippen MR) is 110 cm³/mol. The molecule has 0 bridgehead atoms. The molecule has 0 unspecified atom stereocenters. The molecule has 5 N–H and O–H groups in total. The number of nitrogens with two attached hydrogens (primary N) is 1. The molecule has 2 atom stereocenters. The zero-order valence-electron chi connectivity index (χ0n) is 14.6. The molecule has 1 saturated heterocycles. The number of hydrogen-bond acceptors (Lipinski definition) is 13. The Balaban J connectivity index is 1.52. The van der Waals surface area contributed by atoms with Crippen molar-refractivity contribution in [3.05, 3.63) is 27.9 Å². The molecule has 2 aromatic rings. The SMILES string of the molecule is Nc1nc(/C(=N/O)C(=O)N[C@@H]2C(=O)N3C(C(=O)O)=C(Sc4cnns4)CS[C@@H]23)cs1. The number of aliphatic carboxylic acids is 1. The summed E-state index contributed by atoms with van der Waals surface area (Å²) in [5.74, 6) is -2.31. The van der Waals surface area contributed by atoms with Gasteiger partial charge in [0.2, 0.25) is 0 Å². The number of nitrogens with one attached hydrogen (secondary N) is 1. The number of amides is 2. The molecular formula is C14H11N7O5S4. The van der Waals surface area contributed by atoms with Crippen molar-refractivity contribution in [3.8, 4) is 0 Å². The lowest BCUT2D eigenvalue weighted by molar-refractivity contribution is -0.150. The molecular weight excluding hydrogens is 474 g/mol. The van der Waals surface area contributed by atoms with E-state index in [1.54, 1.807) is 0 Å². The summed E-state index contributed by atoms with van der Waals surface area (Å²) in [5, 5.41) is 29.0. The molecule has 0 spiro atoms. The van der Waals surface area contributed by atoms with Gasteiger partial charge in [-0.2, -0.15) is 0 Å². The zero-order valence-corrected chi connectivity index (χ0v) is 17.8. The lowest BCUT2D eigenvalue weighted by atomic mass is 10.0. The number of fused-ring (bicyclic) bond motifs is 1. The van der Waals surface area contributed by atoms with Crippen molar-refractivity contribution in [2.45, 2.75) is 15.6 Å². The third-order valence-corrected chi connectivity index (χ3v) is 8.03. The molecule has 0 aromatic carbocycles. The fourth-order valence-electron chi connectivity index (χ4n) is 2.81. The third kappa shape index (κ3) is 3.62. The summed E-state index contributed by atoms with van der Waals surface area (Å²) in [6.07, 6.45) is 1.51. The predicted octanol–water partition coefficient (Wildman–Crippen LogP) is 0.244. The van der Waals surface area contributed by atoms with Crippen LogP contribution in [-0.2, 0) is 14.4 Å². The third-order valence-electron chi connectivity index (χ3n) is 4.07. The van der Waals surface area contributed by atoms with Crippen LogP contribution in [0.3, 0.4) is 0 Å². The topological polar surface area (TPSA) is 184 Å². The van der Waals surface area contributed by atoms with Gasteiger partial charge in [0.05, 0.1) is 6.20 Å². The van der Waals surface area contributed by atoms with Crippen LogP contribution >= 0.6 is 46.4 Å². The van der Waals surface area contributed by atoms with E-state index in [-0.39, 0.29) is 16.5 Å². The van der Waals surface area contributed by atoms with Crippen LogP contribution in [0.25, 0.3) is 0 Å². The average Bonchev–Trinajstić information content (AvgIpc) is 3.38. The van der Waals surface area contributed by atoms with Gasteiger partial charge in [0.25, 0.3) is 11.8 Å². The summed E-state index contributed by atoms with van der Waals surface area (Å²) in [5.41, 5.74) is 5.08. The number of β-lactam (4-membered cyclic amide) rings is 1. The number of thioether (sulfide) groups is 2. The first-order valence-corrected chi connectivity index (χ1v) is 11.5. The monoisotopic (exact) mass is 485 g/mol. The number of rotatable bonds is 6. The number of carboxylic acid groups (broad SMARTS) is 1. The van der Waals surface area contributed by atoms with Gasteiger partial charge in [-0.25, -0.2) is 9.78 Å². The number of hydrogen-bond donors (Lipinski definition) is 4. The van der Waals surface area contributed by atoms with Crippen molar-refractivity contribution < 1.29 is 24.7 Å². The minimum absolute atomic E-state index is 0.0698. The second-order valence-electron chi connectivity index (χ2n) is 5.80. The van der Waals surface area contributed by atoms with Crippen LogP contribution in [0.15, 0.2) is 31.5 Å². The Hall–Kier alpha value is -2.69. The van der Waals surface area contributed by atoms with E-state index in [4.69, 9.17) is 5.73 Å². The second kappa shape index (κ2) is 8.21. The maximum Gasteiger partial charge on any atom is 0.353 e. The van der Waals surface area contributed by atoms with E-state index < -0.39 is 34.9 Å². The Morgan fingerprint density at radius 2 is 2.23 bits per heavy atom. The van der Waals surface area contributed by atoms with Crippen molar-refractivity contribution in [2.75, 3.05) is 11.5 Å². The molecule has 2 aromatic heterocycles. The normalized spacial score (nSPS) is 21.3. The first kappa shape index (κ1) is 20.6. The van der Waals surface area contributed by atoms with E-state index in [0.717, 1.165) is 27.8 Å². The Kier molecular flexibility index (Phi) is 5.63. The summed E-state index contributed by atoms with van der Waals surface area (Å²) < 4.78 is 4.44. The molecule has 30 heavy (non-hydrogen) atoms. The van der Waals surface area contributed by atoms with Gasteiger partial charge in [-0.1, -0.05) is 21.4 Å².